The number of methoxy groups -OCH3 is 3. The second kappa shape index (κ2) is 12.8. The summed E-state index contributed by atoms with van der Waals surface area (Å²) in [7, 11) is 4.47. The van der Waals surface area contributed by atoms with Gasteiger partial charge in [-0.1, -0.05) is 6.92 Å². The maximum Gasteiger partial charge on any atom is 0.343 e. The van der Waals surface area contributed by atoms with Gasteiger partial charge in [0.15, 0.2) is 23.0 Å². The van der Waals surface area contributed by atoms with Crippen LogP contribution < -0.4 is 29.1 Å². The Hall–Kier alpha value is -4.53. The first kappa shape index (κ1) is 26.1. The number of nitrogens with one attached hydrogen (secondary N) is 1. The van der Waals surface area contributed by atoms with E-state index in [1.54, 1.807) is 60.7 Å². The quantitative estimate of drug-likeness (QED) is 0.182. The van der Waals surface area contributed by atoms with Crippen LogP contribution in [0.1, 0.15) is 39.6 Å². The minimum atomic E-state index is -0.529. The second-order valence-electron chi connectivity index (χ2n) is 7.44. The SMILES string of the molecule is CCCOc1ccc(C(=O)Oc2ccc(/C=N/NC(=O)c3ccc(OC)c(OC)c3)cc2OC)cc1. The number of nitrogens with zero attached hydrogens (tertiary/aromatic N) is 1. The number of hydrazone groups is 1. The molecule has 0 bridgehead atoms. The molecule has 0 saturated heterocycles. The Bertz CT molecular complexity index is 1220. The summed E-state index contributed by atoms with van der Waals surface area (Å²) in [6.45, 7) is 2.63. The van der Waals surface area contributed by atoms with Crippen LogP contribution >= 0.6 is 0 Å². The van der Waals surface area contributed by atoms with E-state index in [-0.39, 0.29) is 5.75 Å². The maximum absolute atomic E-state index is 12.6. The lowest BCUT2D eigenvalue weighted by atomic mass is 10.2. The summed E-state index contributed by atoms with van der Waals surface area (Å²) < 4.78 is 26.8. The highest BCUT2D eigenvalue weighted by Crippen LogP contribution is 2.29. The van der Waals surface area contributed by atoms with E-state index in [1.165, 1.54) is 27.5 Å². The van der Waals surface area contributed by atoms with Crippen LogP contribution in [-0.4, -0.2) is 46.0 Å². The molecule has 0 spiro atoms. The molecule has 3 rings (SSSR count). The van der Waals surface area contributed by atoms with Gasteiger partial charge in [0, 0.05) is 5.56 Å². The van der Waals surface area contributed by atoms with Gasteiger partial charge in [-0.25, -0.2) is 10.2 Å². The number of carbonyl (C=O) groups is 2. The van der Waals surface area contributed by atoms with E-state index in [2.05, 4.69) is 10.5 Å². The van der Waals surface area contributed by atoms with Gasteiger partial charge in [0.05, 0.1) is 39.7 Å². The van der Waals surface area contributed by atoms with Crippen LogP contribution in [0.25, 0.3) is 0 Å². The summed E-state index contributed by atoms with van der Waals surface area (Å²) in [5.41, 5.74) is 3.81. The Morgan fingerprint density at radius 2 is 1.44 bits per heavy atom. The highest BCUT2D eigenvalue weighted by atomic mass is 16.6. The first-order chi connectivity index (χ1) is 17.5. The van der Waals surface area contributed by atoms with E-state index in [1.807, 2.05) is 6.92 Å². The number of amides is 1. The molecule has 9 heteroatoms. The van der Waals surface area contributed by atoms with Crippen molar-refractivity contribution in [2.45, 2.75) is 13.3 Å². The average molecular weight is 493 g/mol. The van der Waals surface area contributed by atoms with Gasteiger partial charge in [-0.3, -0.25) is 4.79 Å². The summed E-state index contributed by atoms with van der Waals surface area (Å²) >= 11 is 0. The molecule has 0 fully saturated rings. The third-order valence-corrected chi connectivity index (χ3v) is 4.98. The molecule has 36 heavy (non-hydrogen) atoms. The van der Waals surface area contributed by atoms with Crippen molar-refractivity contribution in [2.24, 2.45) is 5.10 Å². The Kier molecular flexibility index (Phi) is 9.27. The predicted molar refractivity (Wildman–Crippen MR) is 135 cm³/mol. The molecule has 0 heterocycles. The lowest BCUT2D eigenvalue weighted by Crippen LogP contribution is -2.17. The number of rotatable bonds is 11. The van der Waals surface area contributed by atoms with Crippen LogP contribution in [0.2, 0.25) is 0 Å². The predicted octanol–water partition coefficient (Wildman–Crippen LogP) is 4.48. The molecule has 0 aromatic heterocycles. The van der Waals surface area contributed by atoms with Crippen molar-refractivity contribution in [3.05, 3.63) is 77.4 Å². The minimum Gasteiger partial charge on any atom is -0.494 e. The van der Waals surface area contributed by atoms with Crippen molar-refractivity contribution in [3.8, 4) is 28.7 Å². The zero-order valence-electron chi connectivity index (χ0n) is 20.6. The average Bonchev–Trinajstić information content (AvgIpc) is 2.92. The fraction of sp³-hybridized carbons (Fsp3) is 0.222. The molecular weight excluding hydrogens is 464 g/mol. The summed E-state index contributed by atoms with van der Waals surface area (Å²) in [6.07, 6.45) is 2.34. The molecule has 0 unspecified atom stereocenters. The fourth-order valence-electron chi connectivity index (χ4n) is 3.12. The highest BCUT2D eigenvalue weighted by Gasteiger charge is 2.14. The summed E-state index contributed by atoms with van der Waals surface area (Å²) in [6, 6.07) is 16.4. The van der Waals surface area contributed by atoms with Gasteiger partial charge in [0.1, 0.15) is 5.75 Å². The van der Waals surface area contributed by atoms with Crippen LogP contribution in [0.3, 0.4) is 0 Å². The molecule has 0 saturated carbocycles. The zero-order chi connectivity index (χ0) is 25.9. The molecule has 9 nitrogen and oxygen atoms in total. The van der Waals surface area contributed by atoms with E-state index < -0.39 is 11.9 Å². The molecule has 0 atom stereocenters. The monoisotopic (exact) mass is 492 g/mol. The van der Waals surface area contributed by atoms with Gasteiger partial charge < -0.3 is 23.7 Å². The van der Waals surface area contributed by atoms with Crippen molar-refractivity contribution in [3.63, 3.8) is 0 Å². The number of ether oxygens (including phenoxy) is 5. The van der Waals surface area contributed by atoms with Gasteiger partial charge >= 0.3 is 5.97 Å². The lowest BCUT2D eigenvalue weighted by Gasteiger charge is -2.10. The van der Waals surface area contributed by atoms with Crippen molar-refractivity contribution >= 4 is 18.1 Å². The highest BCUT2D eigenvalue weighted by molar-refractivity contribution is 5.95. The third kappa shape index (κ3) is 6.75. The van der Waals surface area contributed by atoms with Crippen molar-refractivity contribution in [1.82, 2.24) is 5.43 Å². The molecule has 1 N–H and O–H groups in total. The van der Waals surface area contributed by atoms with Crippen molar-refractivity contribution in [2.75, 3.05) is 27.9 Å². The van der Waals surface area contributed by atoms with Crippen LogP contribution in [-0.2, 0) is 0 Å². The second-order valence-corrected chi connectivity index (χ2v) is 7.44. The number of carbonyl (C=O) groups excluding carboxylic acids is 2. The van der Waals surface area contributed by atoms with Crippen LogP contribution in [0.4, 0.5) is 0 Å². The van der Waals surface area contributed by atoms with Gasteiger partial charge in [-0.2, -0.15) is 5.10 Å². The molecule has 1 amide bonds. The number of esters is 1. The number of benzene rings is 3. The van der Waals surface area contributed by atoms with E-state index in [0.29, 0.717) is 46.3 Å². The Labute approximate surface area is 209 Å². The smallest absolute Gasteiger partial charge is 0.343 e. The van der Waals surface area contributed by atoms with E-state index >= 15 is 0 Å². The normalized spacial score (nSPS) is 10.6. The molecule has 0 aliphatic carbocycles. The van der Waals surface area contributed by atoms with Crippen LogP contribution in [0, 0.1) is 0 Å². The molecule has 0 aliphatic heterocycles. The molecule has 3 aromatic rings. The first-order valence-electron chi connectivity index (χ1n) is 11.2. The van der Waals surface area contributed by atoms with Gasteiger partial charge in [0.25, 0.3) is 5.91 Å². The molecular formula is C27H28N2O7. The van der Waals surface area contributed by atoms with Gasteiger partial charge in [-0.05, 0) is 72.6 Å². The van der Waals surface area contributed by atoms with Crippen LogP contribution in [0.5, 0.6) is 28.7 Å². The maximum atomic E-state index is 12.6. The Morgan fingerprint density at radius 3 is 2.11 bits per heavy atom. The molecule has 188 valence electrons. The zero-order valence-corrected chi connectivity index (χ0v) is 20.6. The fourth-order valence-corrected chi connectivity index (χ4v) is 3.12. The standard InChI is InChI=1S/C27H28N2O7/c1-5-14-35-21-10-7-19(8-11-21)27(31)36-23-12-6-18(15-24(23)33-3)17-28-29-26(30)20-9-13-22(32-2)25(16-20)34-4/h6-13,15-17H,5,14H2,1-4H3,(H,29,30)/b28-17+. The first-order valence-corrected chi connectivity index (χ1v) is 11.2. The van der Waals surface area contributed by atoms with Crippen molar-refractivity contribution < 1.29 is 33.3 Å². The van der Waals surface area contributed by atoms with E-state index in [0.717, 1.165) is 6.42 Å². The van der Waals surface area contributed by atoms with Gasteiger partial charge in [0.2, 0.25) is 0 Å². The lowest BCUT2D eigenvalue weighted by molar-refractivity contribution is 0.0729. The topological polar surface area (TPSA) is 105 Å². The number of hydrogen-bond donors (Lipinski definition) is 1. The van der Waals surface area contributed by atoms with Crippen LogP contribution in [0.15, 0.2) is 65.8 Å². The Morgan fingerprint density at radius 1 is 0.806 bits per heavy atom. The molecule has 0 aliphatic rings. The third-order valence-electron chi connectivity index (χ3n) is 4.98. The van der Waals surface area contributed by atoms with E-state index in [4.69, 9.17) is 23.7 Å². The number of hydrogen-bond acceptors (Lipinski definition) is 8. The molecule has 3 aromatic carbocycles. The van der Waals surface area contributed by atoms with Crippen molar-refractivity contribution in [1.29, 1.82) is 0 Å². The summed E-state index contributed by atoms with van der Waals surface area (Å²) in [5.74, 6) is 1.28. The Balaban J connectivity index is 1.64. The van der Waals surface area contributed by atoms with Gasteiger partial charge in [-0.15, -0.1) is 0 Å². The van der Waals surface area contributed by atoms with E-state index in [9.17, 15) is 9.59 Å². The summed E-state index contributed by atoms with van der Waals surface area (Å²) in [5, 5.41) is 3.99. The molecule has 0 radical (unpaired) electrons. The largest absolute Gasteiger partial charge is 0.494 e. The minimum absolute atomic E-state index is 0.250. The summed E-state index contributed by atoms with van der Waals surface area (Å²) in [4.78, 5) is 24.9.